The summed E-state index contributed by atoms with van der Waals surface area (Å²) in [7, 11) is 0. The van der Waals surface area contributed by atoms with Crippen LogP contribution in [0.4, 0.5) is 13.2 Å². The van der Waals surface area contributed by atoms with E-state index in [1.807, 2.05) is 0 Å². The number of pyridine rings is 1. The Morgan fingerprint density at radius 1 is 1.24 bits per heavy atom. The van der Waals surface area contributed by atoms with Gasteiger partial charge in [-0.05, 0) is 24.3 Å². The number of likely N-dealkylation sites (tertiary alicyclic amines) is 1. The average molecular weight is 428 g/mol. The van der Waals surface area contributed by atoms with Gasteiger partial charge in [-0.15, -0.1) is 0 Å². The van der Waals surface area contributed by atoms with Crippen LogP contribution in [0.1, 0.15) is 23.2 Å². The van der Waals surface area contributed by atoms with Gasteiger partial charge in [-0.2, -0.15) is 0 Å². The standard InChI is InChI=1S/C20H21ClF3N3O2/c21-16-11-14(1-3-17(16)23)19(28)27-8-5-20(24,6-9-27)13-25-7-10-29-18-4-2-15(22)12-26-18/h1-4,11-12,25H,5-10,13H2. The number of piperidine rings is 1. The van der Waals surface area contributed by atoms with Gasteiger partial charge < -0.3 is 15.0 Å². The summed E-state index contributed by atoms with van der Waals surface area (Å²) in [6.45, 7) is 1.34. The zero-order valence-electron chi connectivity index (χ0n) is 15.6. The Labute approximate surface area is 171 Å². The van der Waals surface area contributed by atoms with Crippen LogP contribution in [0.25, 0.3) is 0 Å². The van der Waals surface area contributed by atoms with Crippen molar-refractivity contribution in [2.24, 2.45) is 0 Å². The van der Waals surface area contributed by atoms with Crippen molar-refractivity contribution in [3.05, 3.63) is 58.7 Å². The molecule has 0 spiro atoms. The molecule has 0 aliphatic carbocycles. The first-order valence-corrected chi connectivity index (χ1v) is 9.62. The lowest BCUT2D eigenvalue weighted by Crippen LogP contribution is -2.49. The number of carbonyl (C=O) groups excluding carboxylic acids is 1. The molecular formula is C20H21ClF3N3O2. The molecule has 0 saturated carbocycles. The van der Waals surface area contributed by atoms with Crippen LogP contribution in [0.3, 0.4) is 0 Å². The number of alkyl halides is 1. The highest BCUT2D eigenvalue weighted by Gasteiger charge is 2.35. The molecule has 1 amide bonds. The normalized spacial score (nSPS) is 15.9. The van der Waals surface area contributed by atoms with Gasteiger partial charge >= 0.3 is 0 Å². The molecule has 0 unspecified atom stereocenters. The molecular weight excluding hydrogens is 407 g/mol. The summed E-state index contributed by atoms with van der Waals surface area (Å²) in [5.74, 6) is -1.02. The van der Waals surface area contributed by atoms with Crippen molar-refractivity contribution < 1.29 is 22.7 Å². The SMILES string of the molecule is O=C(c1ccc(F)c(Cl)c1)N1CCC(F)(CNCCOc2ccc(F)cn2)CC1. The highest BCUT2D eigenvalue weighted by atomic mass is 35.5. The van der Waals surface area contributed by atoms with Crippen LogP contribution >= 0.6 is 11.6 Å². The average Bonchev–Trinajstić information content (AvgIpc) is 2.71. The van der Waals surface area contributed by atoms with E-state index in [0.29, 0.717) is 12.4 Å². The van der Waals surface area contributed by atoms with Crippen LogP contribution in [0.5, 0.6) is 5.88 Å². The van der Waals surface area contributed by atoms with Crippen molar-refractivity contribution in [3.63, 3.8) is 0 Å². The number of amides is 1. The van der Waals surface area contributed by atoms with Gasteiger partial charge in [0.2, 0.25) is 5.88 Å². The molecule has 5 nitrogen and oxygen atoms in total. The second-order valence-corrected chi connectivity index (χ2v) is 7.32. The van der Waals surface area contributed by atoms with Gasteiger partial charge in [-0.25, -0.2) is 18.2 Å². The van der Waals surface area contributed by atoms with Gasteiger partial charge in [-0.1, -0.05) is 11.6 Å². The quantitative estimate of drug-likeness (QED) is 0.686. The van der Waals surface area contributed by atoms with E-state index in [4.69, 9.17) is 16.3 Å². The van der Waals surface area contributed by atoms with E-state index in [2.05, 4.69) is 10.3 Å². The van der Waals surface area contributed by atoms with Crippen molar-refractivity contribution in [2.45, 2.75) is 18.5 Å². The number of nitrogens with zero attached hydrogens (tertiary/aromatic N) is 2. The largest absolute Gasteiger partial charge is 0.476 e. The minimum atomic E-state index is -1.43. The predicted octanol–water partition coefficient (Wildman–Crippen LogP) is 3.63. The molecule has 1 saturated heterocycles. The number of nitrogens with one attached hydrogen (secondary N) is 1. The molecule has 1 N–H and O–H groups in total. The monoisotopic (exact) mass is 427 g/mol. The van der Waals surface area contributed by atoms with E-state index < -0.39 is 17.3 Å². The second-order valence-electron chi connectivity index (χ2n) is 6.91. The fourth-order valence-electron chi connectivity index (χ4n) is 3.09. The van der Waals surface area contributed by atoms with Crippen LogP contribution < -0.4 is 10.1 Å². The van der Waals surface area contributed by atoms with Crippen LogP contribution in [-0.2, 0) is 0 Å². The number of aromatic nitrogens is 1. The Morgan fingerprint density at radius 3 is 2.66 bits per heavy atom. The molecule has 1 aromatic carbocycles. The van der Waals surface area contributed by atoms with E-state index in [1.165, 1.54) is 24.3 Å². The van der Waals surface area contributed by atoms with Crippen LogP contribution in [0.2, 0.25) is 5.02 Å². The summed E-state index contributed by atoms with van der Waals surface area (Å²) in [6, 6.07) is 6.48. The van der Waals surface area contributed by atoms with Crippen molar-refractivity contribution in [2.75, 3.05) is 32.8 Å². The van der Waals surface area contributed by atoms with Crippen molar-refractivity contribution >= 4 is 17.5 Å². The molecule has 1 aliphatic rings. The first kappa shape index (κ1) is 21.4. The Hall–Kier alpha value is -2.32. The van der Waals surface area contributed by atoms with Crippen molar-refractivity contribution in [3.8, 4) is 5.88 Å². The highest BCUT2D eigenvalue weighted by molar-refractivity contribution is 6.31. The third kappa shape index (κ3) is 5.83. The number of carbonyl (C=O) groups is 1. The Kier molecular flexibility index (Phi) is 6.97. The second kappa shape index (κ2) is 9.45. The molecule has 29 heavy (non-hydrogen) atoms. The first-order chi connectivity index (χ1) is 13.9. The minimum Gasteiger partial charge on any atom is -0.476 e. The maximum Gasteiger partial charge on any atom is 0.253 e. The number of ether oxygens (including phenoxy) is 1. The molecule has 2 heterocycles. The van der Waals surface area contributed by atoms with Gasteiger partial charge in [-0.3, -0.25) is 4.79 Å². The zero-order valence-corrected chi connectivity index (χ0v) is 16.4. The number of benzene rings is 1. The van der Waals surface area contributed by atoms with Crippen LogP contribution in [-0.4, -0.2) is 54.2 Å². The summed E-state index contributed by atoms with van der Waals surface area (Å²) in [5.41, 5.74) is -1.14. The van der Waals surface area contributed by atoms with E-state index in [9.17, 15) is 18.0 Å². The summed E-state index contributed by atoms with van der Waals surface area (Å²) < 4.78 is 46.3. The summed E-state index contributed by atoms with van der Waals surface area (Å²) in [6.07, 6.45) is 1.45. The fraction of sp³-hybridized carbons (Fsp3) is 0.400. The van der Waals surface area contributed by atoms with Gasteiger partial charge in [0.15, 0.2) is 0 Å². The summed E-state index contributed by atoms with van der Waals surface area (Å²) >= 11 is 5.73. The lowest BCUT2D eigenvalue weighted by atomic mass is 9.93. The topological polar surface area (TPSA) is 54.5 Å². The maximum atomic E-state index is 15.0. The molecule has 0 bridgehead atoms. The fourth-order valence-corrected chi connectivity index (χ4v) is 3.27. The van der Waals surface area contributed by atoms with Gasteiger partial charge in [0.25, 0.3) is 5.91 Å². The Bertz CT molecular complexity index is 843. The molecule has 1 aliphatic heterocycles. The molecule has 156 valence electrons. The minimum absolute atomic E-state index is 0.116. The van der Waals surface area contributed by atoms with Crippen LogP contribution in [0.15, 0.2) is 36.5 Å². The smallest absolute Gasteiger partial charge is 0.253 e. The lowest BCUT2D eigenvalue weighted by Gasteiger charge is -2.36. The molecule has 0 radical (unpaired) electrons. The summed E-state index contributed by atoms with van der Waals surface area (Å²) in [4.78, 5) is 17.8. The van der Waals surface area contributed by atoms with Crippen LogP contribution in [0, 0.1) is 11.6 Å². The third-order valence-electron chi connectivity index (χ3n) is 4.78. The first-order valence-electron chi connectivity index (χ1n) is 9.25. The van der Waals surface area contributed by atoms with E-state index in [1.54, 1.807) is 4.90 Å². The Balaban J connectivity index is 1.40. The number of halogens is 4. The molecule has 2 aromatic rings. The zero-order chi connectivity index (χ0) is 20.9. The number of hydrogen-bond donors (Lipinski definition) is 1. The van der Waals surface area contributed by atoms with E-state index in [0.717, 1.165) is 12.3 Å². The molecule has 0 atom stereocenters. The van der Waals surface area contributed by atoms with Crippen molar-refractivity contribution in [1.82, 2.24) is 15.2 Å². The molecule has 1 fully saturated rings. The predicted molar refractivity (Wildman–Crippen MR) is 103 cm³/mol. The van der Waals surface area contributed by atoms with Gasteiger partial charge in [0.05, 0.1) is 11.2 Å². The maximum absolute atomic E-state index is 15.0. The number of rotatable bonds is 7. The summed E-state index contributed by atoms with van der Waals surface area (Å²) in [5, 5.41) is 2.89. The van der Waals surface area contributed by atoms with Gasteiger partial charge in [0, 0.05) is 50.7 Å². The number of hydrogen-bond acceptors (Lipinski definition) is 4. The van der Waals surface area contributed by atoms with E-state index in [-0.39, 0.29) is 55.6 Å². The third-order valence-corrected chi connectivity index (χ3v) is 5.07. The van der Waals surface area contributed by atoms with Crippen molar-refractivity contribution in [1.29, 1.82) is 0 Å². The van der Waals surface area contributed by atoms with E-state index >= 15 is 0 Å². The van der Waals surface area contributed by atoms with Gasteiger partial charge in [0.1, 0.15) is 23.9 Å². The molecule has 1 aromatic heterocycles. The highest BCUT2D eigenvalue weighted by Crippen LogP contribution is 2.27. The Morgan fingerprint density at radius 2 is 2.00 bits per heavy atom. The molecule has 3 rings (SSSR count). The molecule has 9 heteroatoms. The lowest BCUT2D eigenvalue weighted by molar-refractivity contribution is 0.0433.